The molecule has 1 N–H and O–H groups in total. The minimum Gasteiger partial charge on any atom is -0.339 e. The zero-order valence-corrected chi connectivity index (χ0v) is 14.3. The van der Waals surface area contributed by atoms with Crippen LogP contribution in [0.3, 0.4) is 0 Å². The van der Waals surface area contributed by atoms with Crippen molar-refractivity contribution in [2.45, 2.75) is 33.2 Å². The Bertz CT molecular complexity index is 683. The lowest BCUT2D eigenvalue weighted by molar-refractivity contribution is -0.129. The van der Waals surface area contributed by atoms with Crippen molar-refractivity contribution in [3.63, 3.8) is 0 Å². The van der Waals surface area contributed by atoms with Crippen molar-refractivity contribution in [2.24, 2.45) is 0 Å². The van der Waals surface area contributed by atoms with E-state index in [0.29, 0.717) is 19.5 Å². The monoisotopic (exact) mass is 324 g/mol. The average molecular weight is 324 g/mol. The Balaban J connectivity index is 1.91. The highest BCUT2D eigenvalue weighted by Gasteiger charge is 2.08. The molecule has 2 rings (SSSR count). The second-order valence-corrected chi connectivity index (χ2v) is 5.77. The molecule has 0 atom stereocenters. The topological polar surface area (TPSA) is 49.4 Å². The molecule has 0 radical (unpaired) electrons. The van der Waals surface area contributed by atoms with E-state index in [-0.39, 0.29) is 11.8 Å². The summed E-state index contributed by atoms with van der Waals surface area (Å²) in [6, 6.07) is 17.6. The summed E-state index contributed by atoms with van der Waals surface area (Å²) in [7, 11) is 0. The second kappa shape index (κ2) is 8.87. The van der Waals surface area contributed by atoms with Gasteiger partial charge in [-0.05, 0) is 36.6 Å². The predicted molar refractivity (Wildman–Crippen MR) is 96.6 cm³/mol. The van der Waals surface area contributed by atoms with Gasteiger partial charge >= 0.3 is 0 Å². The average Bonchev–Trinajstić information content (AvgIpc) is 2.59. The lowest BCUT2D eigenvalue weighted by Gasteiger charge is -2.19. The molecule has 126 valence electrons. The van der Waals surface area contributed by atoms with Gasteiger partial charge in [0.15, 0.2) is 0 Å². The molecule has 24 heavy (non-hydrogen) atoms. The van der Waals surface area contributed by atoms with Crippen LogP contribution in [0.2, 0.25) is 0 Å². The maximum absolute atomic E-state index is 12.1. The molecular weight excluding hydrogens is 300 g/mol. The van der Waals surface area contributed by atoms with Gasteiger partial charge in [-0.15, -0.1) is 0 Å². The van der Waals surface area contributed by atoms with Crippen LogP contribution in [0.15, 0.2) is 54.6 Å². The van der Waals surface area contributed by atoms with Crippen LogP contribution in [-0.4, -0.2) is 23.3 Å². The number of carbonyl (C=O) groups excluding carboxylic acids is 2. The van der Waals surface area contributed by atoms with Gasteiger partial charge in [0.05, 0.1) is 0 Å². The number of carbonyl (C=O) groups is 2. The molecule has 2 aromatic rings. The van der Waals surface area contributed by atoms with E-state index in [1.165, 1.54) is 0 Å². The summed E-state index contributed by atoms with van der Waals surface area (Å²) in [6.07, 6.45) is 1.17. The van der Waals surface area contributed by atoms with Gasteiger partial charge in [-0.25, -0.2) is 0 Å². The first-order chi connectivity index (χ1) is 11.6. The summed E-state index contributed by atoms with van der Waals surface area (Å²) in [6.45, 7) is 4.75. The Kier molecular flexibility index (Phi) is 6.55. The first-order valence-electron chi connectivity index (χ1n) is 8.26. The third-order valence-corrected chi connectivity index (χ3v) is 3.89. The van der Waals surface area contributed by atoms with Gasteiger partial charge in [0.2, 0.25) is 11.8 Å². The molecule has 0 spiro atoms. The van der Waals surface area contributed by atoms with Crippen LogP contribution >= 0.6 is 0 Å². The first kappa shape index (κ1) is 17.7. The van der Waals surface area contributed by atoms with Crippen molar-refractivity contribution in [3.8, 4) is 0 Å². The van der Waals surface area contributed by atoms with Crippen LogP contribution < -0.4 is 5.32 Å². The first-order valence-corrected chi connectivity index (χ1v) is 8.26. The van der Waals surface area contributed by atoms with Gasteiger partial charge in [0.25, 0.3) is 0 Å². The molecule has 0 unspecified atom stereocenters. The van der Waals surface area contributed by atoms with Gasteiger partial charge in [0.1, 0.15) is 0 Å². The van der Waals surface area contributed by atoms with Crippen LogP contribution in [-0.2, 0) is 22.6 Å². The molecule has 0 saturated heterocycles. The molecule has 0 fully saturated rings. The molecule has 2 aromatic carbocycles. The standard InChI is InChI=1S/C20H24N2O2/c1-3-22(16(2)23)15-18-10-7-11-19(14-18)21-20(24)13-12-17-8-5-4-6-9-17/h4-11,14H,3,12-13,15H2,1-2H3,(H,21,24). The van der Waals surface area contributed by atoms with Gasteiger partial charge < -0.3 is 10.2 Å². The van der Waals surface area contributed by atoms with Crippen LogP contribution in [0.4, 0.5) is 5.69 Å². The highest BCUT2D eigenvalue weighted by molar-refractivity contribution is 5.90. The SMILES string of the molecule is CCN(Cc1cccc(NC(=O)CCc2ccccc2)c1)C(C)=O. The van der Waals surface area contributed by atoms with E-state index < -0.39 is 0 Å². The summed E-state index contributed by atoms with van der Waals surface area (Å²) in [5.74, 6) is 0.0460. The Morgan fingerprint density at radius 2 is 1.71 bits per heavy atom. The van der Waals surface area contributed by atoms with Crippen molar-refractivity contribution >= 4 is 17.5 Å². The molecule has 4 nitrogen and oxygen atoms in total. The fraction of sp³-hybridized carbons (Fsp3) is 0.300. The molecule has 2 amide bonds. The van der Waals surface area contributed by atoms with Crippen molar-refractivity contribution in [1.82, 2.24) is 4.90 Å². The highest BCUT2D eigenvalue weighted by Crippen LogP contribution is 2.14. The molecular formula is C20H24N2O2. The number of nitrogens with zero attached hydrogens (tertiary/aromatic N) is 1. The summed E-state index contributed by atoms with van der Waals surface area (Å²) in [5.41, 5.74) is 2.93. The van der Waals surface area contributed by atoms with Crippen LogP contribution in [0.25, 0.3) is 0 Å². The van der Waals surface area contributed by atoms with Crippen molar-refractivity contribution < 1.29 is 9.59 Å². The number of hydrogen-bond acceptors (Lipinski definition) is 2. The van der Waals surface area contributed by atoms with Crippen molar-refractivity contribution in [1.29, 1.82) is 0 Å². The Labute approximate surface area is 143 Å². The largest absolute Gasteiger partial charge is 0.339 e. The summed E-state index contributed by atoms with van der Waals surface area (Å²) < 4.78 is 0. The van der Waals surface area contributed by atoms with Crippen LogP contribution in [0.1, 0.15) is 31.4 Å². The van der Waals surface area contributed by atoms with E-state index in [4.69, 9.17) is 0 Å². The van der Waals surface area contributed by atoms with E-state index in [1.807, 2.05) is 61.5 Å². The fourth-order valence-electron chi connectivity index (χ4n) is 2.54. The number of anilines is 1. The zero-order valence-electron chi connectivity index (χ0n) is 14.3. The van der Waals surface area contributed by atoms with Crippen molar-refractivity contribution in [2.75, 3.05) is 11.9 Å². The van der Waals surface area contributed by atoms with Gasteiger partial charge in [-0.2, -0.15) is 0 Å². The molecule has 0 aliphatic carbocycles. The van der Waals surface area contributed by atoms with E-state index in [1.54, 1.807) is 11.8 Å². The number of hydrogen-bond donors (Lipinski definition) is 1. The third-order valence-electron chi connectivity index (χ3n) is 3.89. The Morgan fingerprint density at radius 1 is 1.00 bits per heavy atom. The smallest absolute Gasteiger partial charge is 0.224 e. The molecule has 0 aliphatic rings. The molecule has 0 heterocycles. The molecule has 0 bridgehead atoms. The zero-order chi connectivity index (χ0) is 17.4. The predicted octanol–water partition coefficient (Wildman–Crippen LogP) is 3.63. The van der Waals surface area contributed by atoms with Crippen LogP contribution in [0.5, 0.6) is 0 Å². The maximum Gasteiger partial charge on any atom is 0.224 e. The van der Waals surface area contributed by atoms with Gasteiger partial charge in [0, 0.05) is 32.1 Å². The lowest BCUT2D eigenvalue weighted by Crippen LogP contribution is -2.27. The number of amides is 2. The molecule has 0 aliphatic heterocycles. The van der Waals surface area contributed by atoms with Gasteiger partial charge in [-0.1, -0.05) is 42.5 Å². The highest BCUT2D eigenvalue weighted by atomic mass is 16.2. The molecule has 4 heteroatoms. The normalized spacial score (nSPS) is 10.2. The summed E-state index contributed by atoms with van der Waals surface area (Å²) >= 11 is 0. The van der Waals surface area contributed by atoms with E-state index in [2.05, 4.69) is 5.32 Å². The second-order valence-electron chi connectivity index (χ2n) is 5.77. The van der Waals surface area contributed by atoms with E-state index >= 15 is 0 Å². The quantitative estimate of drug-likeness (QED) is 0.845. The maximum atomic E-state index is 12.1. The Hall–Kier alpha value is -2.62. The Morgan fingerprint density at radius 3 is 2.38 bits per heavy atom. The van der Waals surface area contributed by atoms with Crippen molar-refractivity contribution in [3.05, 3.63) is 65.7 Å². The minimum atomic E-state index is -0.00470. The third kappa shape index (κ3) is 5.54. The lowest BCUT2D eigenvalue weighted by atomic mass is 10.1. The molecule has 0 aromatic heterocycles. The number of rotatable bonds is 7. The fourth-order valence-corrected chi connectivity index (χ4v) is 2.54. The summed E-state index contributed by atoms with van der Waals surface area (Å²) in [4.78, 5) is 25.4. The number of aryl methyl sites for hydroxylation is 1. The molecule has 0 saturated carbocycles. The number of nitrogens with one attached hydrogen (secondary N) is 1. The van der Waals surface area contributed by atoms with Gasteiger partial charge in [-0.3, -0.25) is 9.59 Å². The van der Waals surface area contributed by atoms with E-state index in [0.717, 1.165) is 23.2 Å². The van der Waals surface area contributed by atoms with Crippen LogP contribution in [0, 0.1) is 0 Å². The van der Waals surface area contributed by atoms with E-state index in [9.17, 15) is 9.59 Å². The number of benzene rings is 2. The summed E-state index contributed by atoms with van der Waals surface area (Å²) in [5, 5.41) is 2.93. The minimum absolute atomic E-state index is 0.00470.